The molecule has 0 fully saturated rings. The van der Waals surface area contributed by atoms with E-state index in [4.69, 9.17) is 17.0 Å². The van der Waals surface area contributed by atoms with E-state index in [1.807, 2.05) is 0 Å². The van der Waals surface area contributed by atoms with E-state index in [1.165, 1.54) is 66.8 Å². The normalized spacial score (nSPS) is 17.8. The van der Waals surface area contributed by atoms with Crippen LogP contribution >= 0.6 is 17.0 Å². The van der Waals surface area contributed by atoms with E-state index in [9.17, 15) is 0 Å². The predicted octanol–water partition coefficient (Wildman–Crippen LogP) is 15.5. The Morgan fingerprint density at radius 2 is 0.790 bits per heavy atom. The molecule has 4 aromatic rings. The van der Waals surface area contributed by atoms with Crippen molar-refractivity contribution in [2.75, 3.05) is 0 Å². The summed E-state index contributed by atoms with van der Waals surface area (Å²) in [5.74, 6) is -1.73. The second-order valence-electron chi connectivity index (χ2n) is 23.7. The standard InChI is InChI=1S/2C26H37Si2.C2H7Si.2ClH.Zr/c2*1-9-11-19-14-21-13-12-20(10-2)26(25(21)15-19)22-16-23(27(3,4)5)18-24(17-22)28(6,7)8;1-3-2;;;/h2*12-18H,9-11H2,1-8H3;3H,1-2H3;2*1H;/q;;;;;+2/p-2. The van der Waals surface area contributed by atoms with Crippen molar-refractivity contribution in [3.63, 3.8) is 0 Å². The van der Waals surface area contributed by atoms with Crippen LogP contribution in [0, 0.1) is 0 Å². The van der Waals surface area contributed by atoms with E-state index in [1.54, 1.807) is 20.7 Å². The Kier molecular flexibility index (Phi) is 14.5. The van der Waals surface area contributed by atoms with Gasteiger partial charge in [-0.05, 0) is 0 Å². The molecule has 0 aromatic heterocycles. The van der Waals surface area contributed by atoms with Crippen LogP contribution in [-0.4, -0.2) is 38.2 Å². The Balaban J connectivity index is 1.68. The van der Waals surface area contributed by atoms with E-state index in [2.05, 4.69) is 192 Å². The van der Waals surface area contributed by atoms with Gasteiger partial charge in [0.15, 0.2) is 0 Å². The first-order valence-electron chi connectivity index (χ1n) is 24.2. The van der Waals surface area contributed by atoms with Crippen LogP contribution in [0.3, 0.4) is 0 Å². The Bertz CT molecular complexity index is 2200. The van der Waals surface area contributed by atoms with E-state index in [-0.39, 0.29) is 7.25 Å². The van der Waals surface area contributed by atoms with Crippen LogP contribution in [0.15, 0.2) is 71.8 Å². The molecule has 0 saturated carbocycles. The minimum absolute atomic E-state index is 0.0990. The average molecular weight is 1030 g/mol. The molecular weight excluding hydrogens is 951 g/mol. The molecule has 2 atom stereocenters. The van der Waals surface area contributed by atoms with Crippen LogP contribution in [0.25, 0.3) is 34.4 Å². The fourth-order valence-electron chi connectivity index (χ4n) is 10.8. The molecule has 6 rings (SSSR count). The van der Waals surface area contributed by atoms with E-state index in [0.717, 1.165) is 38.5 Å². The van der Waals surface area contributed by atoms with Gasteiger partial charge in [-0.3, -0.25) is 0 Å². The second-order valence-corrected chi connectivity index (χ2v) is 86.5. The summed E-state index contributed by atoms with van der Waals surface area (Å²) in [6.07, 6.45) is 11.5. The maximum absolute atomic E-state index is 9.12. The first kappa shape index (κ1) is 50.3. The van der Waals surface area contributed by atoms with Crippen LogP contribution in [0.1, 0.15) is 94.0 Å². The summed E-state index contributed by atoms with van der Waals surface area (Å²) >= 11 is -5.03. The number of hydrogen-bond donors (Lipinski definition) is 0. The van der Waals surface area contributed by atoms with Crippen molar-refractivity contribution in [2.45, 2.75) is 165 Å². The molecule has 2 aliphatic carbocycles. The van der Waals surface area contributed by atoms with Crippen molar-refractivity contribution in [1.29, 1.82) is 0 Å². The van der Waals surface area contributed by atoms with Gasteiger partial charge in [-0.15, -0.1) is 0 Å². The molecule has 4 aromatic carbocycles. The fourth-order valence-corrected chi connectivity index (χ4v) is 47.3. The Hall–Kier alpha value is -1.09. The molecule has 0 spiro atoms. The number of allylic oxidation sites excluding steroid dienone is 2. The summed E-state index contributed by atoms with van der Waals surface area (Å²) in [6, 6.07) is 25.5. The summed E-state index contributed by atoms with van der Waals surface area (Å²) in [5.41, 5.74) is 17.3. The fraction of sp³-hybridized carbons (Fsp3) is 0.481. The summed E-state index contributed by atoms with van der Waals surface area (Å²) in [4.78, 5) is 0. The summed E-state index contributed by atoms with van der Waals surface area (Å²) < 4.78 is 0.198. The maximum atomic E-state index is 9.12. The van der Waals surface area contributed by atoms with Crippen molar-refractivity contribution in [3.8, 4) is 22.3 Å². The third-order valence-electron chi connectivity index (χ3n) is 14.7. The van der Waals surface area contributed by atoms with Crippen LogP contribution in [-0.2, 0) is 28.4 Å². The minimum atomic E-state index is -5.03. The van der Waals surface area contributed by atoms with Gasteiger partial charge >= 0.3 is 396 Å². The molecule has 335 valence electrons. The van der Waals surface area contributed by atoms with Gasteiger partial charge in [-0.2, -0.15) is 0 Å². The number of halogens is 2. The second kappa shape index (κ2) is 17.9. The van der Waals surface area contributed by atoms with Crippen LogP contribution < -0.4 is 20.7 Å². The monoisotopic (exact) mass is 1030 g/mol. The zero-order chi connectivity index (χ0) is 46.1. The van der Waals surface area contributed by atoms with Crippen molar-refractivity contribution < 1.29 is 15.6 Å². The molecule has 0 N–H and O–H groups in total. The molecular formula is C54H81Cl2Si5Zr. The predicted molar refractivity (Wildman–Crippen MR) is 296 cm³/mol. The first-order valence-corrected chi connectivity index (χ1v) is 54.5. The molecule has 0 amide bonds. The Morgan fingerprint density at radius 1 is 0.484 bits per heavy atom. The van der Waals surface area contributed by atoms with Gasteiger partial charge in [-0.1, -0.05) is 0 Å². The number of fused-ring (bicyclic) bond motifs is 2. The molecule has 62 heavy (non-hydrogen) atoms. The Labute approximate surface area is 392 Å². The molecule has 0 bridgehead atoms. The van der Waals surface area contributed by atoms with Crippen LogP contribution in [0.2, 0.25) is 91.7 Å². The van der Waals surface area contributed by atoms with Crippen molar-refractivity contribution in [3.05, 3.63) is 105 Å². The van der Waals surface area contributed by atoms with Gasteiger partial charge in [0.2, 0.25) is 0 Å². The summed E-state index contributed by atoms with van der Waals surface area (Å²) in [5, 5.41) is 6.28. The van der Waals surface area contributed by atoms with E-state index < -0.39 is 53.8 Å². The summed E-state index contributed by atoms with van der Waals surface area (Å²) in [6.45, 7) is 44.6. The third kappa shape index (κ3) is 9.15. The van der Waals surface area contributed by atoms with Crippen molar-refractivity contribution >= 4 is 88.1 Å². The topological polar surface area (TPSA) is 0 Å². The van der Waals surface area contributed by atoms with Crippen molar-refractivity contribution in [1.82, 2.24) is 0 Å². The molecule has 0 nitrogen and oxygen atoms in total. The summed E-state index contributed by atoms with van der Waals surface area (Å²) in [7, 11) is 11.8. The quantitative estimate of drug-likeness (QED) is 0.104. The first-order chi connectivity index (χ1) is 28.6. The van der Waals surface area contributed by atoms with Crippen LogP contribution in [0.5, 0.6) is 0 Å². The van der Waals surface area contributed by atoms with Gasteiger partial charge in [0.1, 0.15) is 0 Å². The van der Waals surface area contributed by atoms with Gasteiger partial charge < -0.3 is 0 Å². The van der Waals surface area contributed by atoms with Gasteiger partial charge in [0, 0.05) is 0 Å². The molecule has 0 saturated heterocycles. The SMILES string of the molecule is CCCC1=Cc2c(ccc(CC)c2-c2cc([Si](C)(C)C)cc([Si](C)(C)C)c2)[CH]1[Zr]([Cl])([Cl])([CH]1C(CCC)=Cc2c1ccc(CC)c2-c1cc([Si](C)(C)C)cc([Si](C)(C)C)c1)[SiH](C)C. The zero-order valence-electron chi connectivity index (χ0n) is 42.2. The van der Waals surface area contributed by atoms with Gasteiger partial charge in [-0.25, -0.2) is 0 Å². The van der Waals surface area contributed by atoms with Crippen LogP contribution in [0.4, 0.5) is 0 Å². The van der Waals surface area contributed by atoms with E-state index >= 15 is 0 Å². The number of aryl methyl sites for hydroxylation is 2. The average Bonchev–Trinajstić information content (AvgIpc) is 3.74. The molecule has 2 unspecified atom stereocenters. The number of rotatable bonds is 15. The van der Waals surface area contributed by atoms with Crippen molar-refractivity contribution in [2.24, 2.45) is 0 Å². The molecule has 0 radical (unpaired) electrons. The Morgan fingerprint density at radius 3 is 1.03 bits per heavy atom. The number of benzene rings is 4. The van der Waals surface area contributed by atoms with Gasteiger partial charge in [0.05, 0.1) is 0 Å². The third-order valence-corrected chi connectivity index (χ3v) is 74.6. The zero-order valence-corrected chi connectivity index (χ0v) is 51.3. The molecule has 8 heteroatoms. The van der Waals surface area contributed by atoms with Gasteiger partial charge in [0.25, 0.3) is 0 Å². The molecule has 2 aliphatic rings. The van der Waals surface area contributed by atoms with E-state index in [0.29, 0.717) is 0 Å². The molecule has 0 aliphatic heterocycles. The molecule has 0 heterocycles. The number of hydrogen-bond acceptors (Lipinski definition) is 0.